The summed E-state index contributed by atoms with van der Waals surface area (Å²) in [5.74, 6) is -0.273. The quantitative estimate of drug-likeness (QED) is 0.757. The normalized spacial score (nSPS) is 12.1. The highest BCUT2D eigenvalue weighted by molar-refractivity contribution is 5.93. The number of H-pyrrole nitrogens is 1. The zero-order chi connectivity index (χ0) is 13.0. The Kier molecular flexibility index (Phi) is 3.74. The van der Waals surface area contributed by atoms with Crippen LogP contribution in [-0.2, 0) is 0 Å². The highest BCUT2D eigenvalue weighted by Crippen LogP contribution is 2.16. The Morgan fingerprint density at radius 1 is 1.44 bits per heavy atom. The van der Waals surface area contributed by atoms with Crippen LogP contribution in [0.25, 0.3) is 11.3 Å². The summed E-state index contributed by atoms with van der Waals surface area (Å²) in [6.45, 7) is 1.83. The van der Waals surface area contributed by atoms with E-state index in [1.54, 1.807) is 13.0 Å². The van der Waals surface area contributed by atoms with Crippen molar-refractivity contribution in [2.45, 2.75) is 13.0 Å². The molecule has 0 spiro atoms. The van der Waals surface area contributed by atoms with Crippen LogP contribution in [0.3, 0.4) is 0 Å². The molecule has 0 saturated carbocycles. The summed E-state index contributed by atoms with van der Waals surface area (Å²) in [5.41, 5.74) is 2.05. The number of hydrogen-bond donors (Lipinski definition) is 3. The van der Waals surface area contributed by atoms with Gasteiger partial charge in [-0.1, -0.05) is 30.3 Å². The topological polar surface area (TPSA) is 78.0 Å². The maximum Gasteiger partial charge on any atom is 0.269 e. The molecule has 1 aromatic carbocycles. The molecule has 1 atom stereocenters. The van der Waals surface area contributed by atoms with Gasteiger partial charge in [0.25, 0.3) is 5.91 Å². The number of carbonyl (C=O) groups is 1. The van der Waals surface area contributed by atoms with Gasteiger partial charge in [0.15, 0.2) is 0 Å². The monoisotopic (exact) mass is 245 g/mol. The first kappa shape index (κ1) is 12.3. The van der Waals surface area contributed by atoms with Crippen molar-refractivity contribution in [1.82, 2.24) is 15.5 Å². The molecule has 0 aliphatic heterocycles. The van der Waals surface area contributed by atoms with Gasteiger partial charge in [0.1, 0.15) is 5.69 Å². The maximum absolute atomic E-state index is 11.7. The molecule has 0 radical (unpaired) electrons. The Bertz CT molecular complexity index is 520. The number of nitrogens with one attached hydrogen (secondary N) is 2. The highest BCUT2D eigenvalue weighted by Gasteiger charge is 2.10. The van der Waals surface area contributed by atoms with Crippen LogP contribution in [-0.4, -0.2) is 33.9 Å². The molecular formula is C13H15N3O2. The predicted molar refractivity (Wildman–Crippen MR) is 68.0 cm³/mol. The first-order valence-corrected chi connectivity index (χ1v) is 5.74. The smallest absolute Gasteiger partial charge is 0.269 e. The zero-order valence-corrected chi connectivity index (χ0v) is 10.1. The molecule has 0 unspecified atom stereocenters. The first-order chi connectivity index (χ1) is 8.66. The summed E-state index contributed by atoms with van der Waals surface area (Å²) in [7, 11) is 0. The van der Waals surface area contributed by atoms with Gasteiger partial charge < -0.3 is 10.4 Å². The fraction of sp³-hybridized carbons (Fsp3) is 0.231. The van der Waals surface area contributed by atoms with E-state index in [1.807, 2.05) is 30.3 Å². The SMILES string of the molecule is C[C@@H](O)CNC(=O)c1cc(-c2ccccc2)n[nH]1. The van der Waals surface area contributed by atoms with Gasteiger partial charge in [-0.25, -0.2) is 0 Å². The van der Waals surface area contributed by atoms with Crippen LogP contribution in [0.4, 0.5) is 0 Å². The van der Waals surface area contributed by atoms with Crippen LogP contribution >= 0.6 is 0 Å². The third-order valence-corrected chi connectivity index (χ3v) is 2.45. The van der Waals surface area contributed by atoms with E-state index in [-0.39, 0.29) is 12.5 Å². The summed E-state index contributed by atoms with van der Waals surface area (Å²) < 4.78 is 0. The lowest BCUT2D eigenvalue weighted by Gasteiger charge is -2.04. The van der Waals surface area contributed by atoms with Crippen molar-refractivity contribution in [3.05, 3.63) is 42.1 Å². The Labute approximate surface area is 105 Å². The zero-order valence-electron chi connectivity index (χ0n) is 10.1. The average Bonchev–Trinajstić information content (AvgIpc) is 2.86. The van der Waals surface area contributed by atoms with Crippen molar-refractivity contribution < 1.29 is 9.90 Å². The first-order valence-electron chi connectivity index (χ1n) is 5.74. The Hall–Kier alpha value is -2.14. The van der Waals surface area contributed by atoms with Gasteiger partial charge in [-0.2, -0.15) is 5.10 Å². The Balaban J connectivity index is 2.09. The Morgan fingerprint density at radius 3 is 2.83 bits per heavy atom. The minimum atomic E-state index is -0.564. The van der Waals surface area contributed by atoms with Gasteiger partial charge in [0, 0.05) is 12.1 Å². The number of rotatable bonds is 4. The van der Waals surface area contributed by atoms with Crippen LogP contribution < -0.4 is 5.32 Å². The molecular weight excluding hydrogens is 230 g/mol. The Morgan fingerprint density at radius 2 is 2.17 bits per heavy atom. The maximum atomic E-state index is 11.7. The lowest BCUT2D eigenvalue weighted by molar-refractivity contribution is 0.0919. The molecule has 1 heterocycles. The van der Waals surface area contributed by atoms with Crippen LogP contribution in [0.2, 0.25) is 0 Å². The van der Waals surface area contributed by atoms with E-state index in [4.69, 9.17) is 5.11 Å². The number of nitrogens with zero attached hydrogens (tertiary/aromatic N) is 1. The van der Waals surface area contributed by atoms with E-state index in [0.717, 1.165) is 11.3 Å². The van der Waals surface area contributed by atoms with E-state index in [1.165, 1.54) is 0 Å². The van der Waals surface area contributed by atoms with Gasteiger partial charge in [0.2, 0.25) is 0 Å². The summed E-state index contributed by atoms with van der Waals surface area (Å²) >= 11 is 0. The van der Waals surface area contributed by atoms with Crippen molar-refractivity contribution in [2.24, 2.45) is 0 Å². The second kappa shape index (κ2) is 5.46. The summed E-state index contributed by atoms with van der Waals surface area (Å²) in [5, 5.41) is 18.5. The van der Waals surface area contributed by atoms with Crippen molar-refractivity contribution in [2.75, 3.05) is 6.54 Å². The number of carbonyl (C=O) groups excluding carboxylic acids is 1. The lowest BCUT2D eigenvalue weighted by atomic mass is 10.1. The molecule has 0 bridgehead atoms. The molecule has 0 aliphatic carbocycles. The lowest BCUT2D eigenvalue weighted by Crippen LogP contribution is -2.30. The number of benzene rings is 1. The minimum Gasteiger partial charge on any atom is -0.392 e. The van der Waals surface area contributed by atoms with E-state index < -0.39 is 6.10 Å². The van der Waals surface area contributed by atoms with Crippen LogP contribution in [0, 0.1) is 0 Å². The van der Waals surface area contributed by atoms with Gasteiger partial charge >= 0.3 is 0 Å². The molecule has 5 heteroatoms. The molecule has 1 amide bonds. The average molecular weight is 245 g/mol. The van der Waals surface area contributed by atoms with E-state index >= 15 is 0 Å². The molecule has 18 heavy (non-hydrogen) atoms. The number of aromatic nitrogens is 2. The molecule has 2 aromatic rings. The van der Waals surface area contributed by atoms with Gasteiger partial charge in [0.05, 0.1) is 11.8 Å². The third-order valence-electron chi connectivity index (χ3n) is 2.45. The largest absolute Gasteiger partial charge is 0.392 e. The molecule has 3 N–H and O–H groups in total. The molecule has 2 rings (SSSR count). The molecule has 0 saturated heterocycles. The number of amides is 1. The third kappa shape index (κ3) is 2.95. The van der Waals surface area contributed by atoms with Crippen molar-refractivity contribution in [3.63, 3.8) is 0 Å². The number of aliphatic hydroxyl groups is 1. The molecule has 1 aromatic heterocycles. The van der Waals surface area contributed by atoms with Crippen LogP contribution in [0.1, 0.15) is 17.4 Å². The highest BCUT2D eigenvalue weighted by atomic mass is 16.3. The summed E-state index contributed by atoms with van der Waals surface area (Å²) in [6.07, 6.45) is -0.564. The summed E-state index contributed by atoms with van der Waals surface area (Å²) in [6, 6.07) is 11.3. The van der Waals surface area contributed by atoms with E-state index in [2.05, 4.69) is 15.5 Å². The fourth-order valence-corrected chi connectivity index (χ4v) is 1.53. The van der Waals surface area contributed by atoms with Crippen LogP contribution in [0.15, 0.2) is 36.4 Å². The molecule has 0 fully saturated rings. The summed E-state index contributed by atoms with van der Waals surface area (Å²) in [4.78, 5) is 11.7. The number of aliphatic hydroxyl groups excluding tert-OH is 1. The van der Waals surface area contributed by atoms with Gasteiger partial charge in [-0.15, -0.1) is 0 Å². The second-order valence-electron chi connectivity index (χ2n) is 4.09. The van der Waals surface area contributed by atoms with Gasteiger partial charge in [-0.3, -0.25) is 9.89 Å². The predicted octanol–water partition coefficient (Wildman–Crippen LogP) is 1.19. The van der Waals surface area contributed by atoms with Crippen molar-refractivity contribution in [1.29, 1.82) is 0 Å². The molecule has 5 nitrogen and oxygen atoms in total. The molecule has 0 aliphatic rings. The minimum absolute atomic E-state index is 0.221. The second-order valence-corrected chi connectivity index (χ2v) is 4.09. The van der Waals surface area contributed by atoms with Crippen molar-refractivity contribution in [3.8, 4) is 11.3 Å². The number of aromatic amines is 1. The van der Waals surface area contributed by atoms with E-state index in [0.29, 0.717) is 5.69 Å². The standard InChI is InChI=1S/C13H15N3O2/c1-9(17)8-14-13(18)12-7-11(15-16-12)10-5-3-2-4-6-10/h2-7,9,17H,8H2,1H3,(H,14,18)(H,15,16)/t9-/m1/s1. The van der Waals surface area contributed by atoms with Crippen molar-refractivity contribution >= 4 is 5.91 Å². The molecule has 94 valence electrons. The van der Waals surface area contributed by atoms with Gasteiger partial charge in [-0.05, 0) is 13.0 Å². The number of hydrogen-bond acceptors (Lipinski definition) is 3. The van der Waals surface area contributed by atoms with Crippen LogP contribution in [0.5, 0.6) is 0 Å². The van der Waals surface area contributed by atoms with E-state index in [9.17, 15) is 4.79 Å². The fourth-order valence-electron chi connectivity index (χ4n) is 1.53.